The molecule has 3 atom stereocenters. The fourth-order valence-electron chi connectivity index (χ4n) is 3.24. The number of benzene rings is 1. The number of halogens is 1. The van der Waals surface area contributed by atoms with Crippen LogP contribution in [0.5, 0.6) is 11.5 Å². The van der Waals surface area contributed by atoms with Crippen molar-refractivity contribution in [2.24, 2.45) is 11.8 Å². The van der Waals surface area contributed by atoms with E-state index in [0.29, 0.717) is 6.10 Å². The molecular weight excluding hydrogens is 280 g/mol. The van der Waals surface area contributed by atoms with Crippen molar-refractivity contribution in [1.29, 1.82) is 0 Å². The molecule has 0 spiro atoms. The minimum absolute atomic E-state index is 0.400. The molecule has 92 valence electrons. The SMILES string of the molecule is COc1ccc(Br)cc1O[C@H]1C[C@H]2CC[C@@H]1C2. The van der Waals surface area contributed by atoms with Gasteiger partial charge in [-0.2, -0.15) is 0 Å². The Kier molecular flexibility index (Phi) is 3.03. The number of ether oxygens (including phenoxy) is 2. The van der Waals surface area contributed by atoms with Gasteiger partial charge in [0.1, 0.15) is 6.10 Å². The second kappa shape index (κ2) is 4.52. The molecule has 0 N–H and O–H groups in total. The number of methoxy groups -OCH3 is 1. The Hall–Kier alpha value is -0.700. The molecule has 3 heteroatoms. The molecule has 0 radical (unpaired) electrons. The van der Waals surface area contributed by atoms with Gasteiger partial charge in [-0.3, -0.25) is 0 Å². The first-order chi connectivity index (χ1) is 8.26. The van der Waals surface area contributed by atoms with E-state index in [1.807, 2.05) is 18.2 Å². The van der Waals surface area contributed by atoms with Gasteiger partial charge in [0.25, 0.3) is 0 Å². The first-order valence-electron chi connectivity index (χ1n) is 6.26. The van der Waals surface area contributed by atoms with Gasteiger partial charge in [-0.15, -0.1) is 0 Å². The van der Waals surface area contributed by atoms with Crippen molar-refractivity contribution in [3.63, 3.8) is 0 Å². The zero-order valence-corrected chi connectivity index (χ0v) is 11.6. The van der Waals surface area contributed by atoms with Crippen molar-refractivity contribution in [1.82, 2.24) is 0 Å². The third kappa shape index (κ3) is 2.17. The average Bonchev–Trinajstić information content (AvgIpc) is 2.91. The molecule has 3 rings (SSSR count). The second-order valence-corrected chi connectivity index (χ2v) is 6.04. The predicted octanol–water partition coefficient (Wildman–Crippen LogP) is 4.03. The molecule has 2 nitrogen and oxygen atoms in total. The van der Waals surface area contributed by atoms with Crippen molar-refractivity contribution in [2.45, 2.75) is 31.8 Å². The smallest absolute Gasteiger partial charge is 0.162 e. The Morgan fingerprint density at radius 1 is 1.18 bits per heavy atom. The normalized spacial score (nSPS) is 30.6. The summed E-state index contributed by atoms with van der Waals surface area (Å²) in [6, 6.07) is 5.93. The molecule has 0 aromatic heterocycles. The summed E-state index contributed by atoms with van der Waals surface area (Å²) in [7, 11) is 1.69. The van der Waals surface area contributed by atoms with Crippen molar-refractivity contribution < 1.29 is 9.47 Å². The first-order valence-corrected chi connectivity index (χ1v) is 7.06. The summed E-state index contributed by atoms with van der Waals surface area (Å²) in [5.41, 5.74) is 0. The molecule has 0 heterocycles. The molecule has 0 unspecified atom stereocenters. The molecule has 17 heavy (non-hydrogen) atoms. The topological polar surface area (TPSA) is 18.5 Å². The van der Waals surface area contributed by atoms with Gasteiger partial charge in [0, 0.05) is 4.47 Å². The quantitative estimate of drug-likeness (QED) is 0.838. The molecule has 0 saturated heterocycles. The van der Waals surface area contributed by atoms with Crippen LogP contribution in [0, 0.1) is 11.8 Å². The van der Waals surface area contributed by atoms with Gasteiger partial charge >= 0.3 is 0 Å². The van der Waals surface area contributed by atoms with E-state index in [1.165, 1.54) is 25.7 Å². The van der Waals surface area contributed by atoms with Crippen LogP contribution in [0.15, 0.2) is 22.7 Å². The third-order valence-electron chi connectivity index (χ3n) is 4.08. The highest BCUT2D eigenvalue weighted by Gasteiger charge is 2.41. The number of rotatable bonds is 3. The predicted molar refractivity (Wildman–Crippen MR) is 70.6 cm³/mol. The minimum Gasteiger partial charge on any atom is -0.493 e. The van der Waals surface area contributed by atoms with Crippen molar-refractivity contribution in [3.05, 3.63) is 22.7 Å². The highest BCUT2D eigenvalue weighted by Crippen LogP contribution is 2.47. The fraction of sp³-hybridized carbons (Fsp3) is 0.571. The molecule has 2 fully saturated rings. The zero-order valence-electron chi connectivity index (χ0n) is 9.99. The second-order valence-electron chi connectivity index (χ2n) is 5.13. The van der Waals surface area contributed by atoms with Crippen molar-refractivity contribution >= 4 is 15.9 Å². The summed E-state index contributed by atoms with van der Waals surface area (Å²) in [5, 5.41) is 0. The Morgan fingerprint density at radius 2 is 2.06 bits per heavy atom. The van der Waals surface area contributed by atoms with Gasteiger partial charge in [-0.05, 0) is 55.7 Å². The van der Waals surface area contributed by atoms with Gasteiger partial charge in [0.05, 0.1) is 7.11 Å². The Labute approximate surface area is 110 Å². The monoisotopic (exact) mass is 296 g/mol. The third-order valence-corrected chi connectivity index (χ3v) is 4.57. The van der Waals surface area contributed by atoms with E-state index in [2.05, 4.69) is 15.9 Å². The van der Waals surface area contributed by atoms with E-state index in [0.717, 1.165) is 27.8 Å². The van der Waals surface area contributed by atoms with E-state index in [-0.39, 0.29) is 0 Å². The lowest BCUT2D eigenvalue weighted by Crippen LogP contribution is -2.23. The highest BCUT2D eigenvalue weighted by atomic mass is 79.9. The minimum atomic E-state index is 0.400. The Balaban J connectivity index is 1.78. The number of hydrogen-bond donors (Lipinski definition) is 0. The summed E-state index contributed by atoms with van der Waals surface area (Å²) in [4.78, 5) is 0. The van der Waals surface area contributed by atoms with Crippen LogP contribution in [0.3, 0.4) is 0 Å². The summed E-state index contributed by atoms with van der Waals surface area (Å²) in [6.45, 7) is 0. The molecule has 0 amide bonds. The molecule has 2 saturated carbocycles. The van der Waals surface area contributed by atoms with Gasteiger partial charge < -0.3 is 9.47 Å². The van der Waals surface area contributed by atoms with Crippen LogP contribution >= 0.6 is 15.9 Å². The summed E-state index contributed by atoms with van der Waals surface area (Å²) in [6.07, 6.45) is 5.73. The maximum absolute atomic E-state index is 6.16. The van der Waals surface area contributed by atoms with E-state index in [9.17, 15) is 0 Å². The summed E-state index contributed by atoms with van der Waals surface area (Å²) < 4.78 is 12.5. The van der Waals surface area contributed by atoms with Gasteiger partial charge in [-0.25, -0.2) is 0 Å². The van der Waals surface area contributed by atoms with Gasteiger partial charge in [-0.1, -0.05) is 15.9 Å². The van der Waals surface area contributed by atoms with Crippen LogP contribution in [0.25, 0.3) is 0 Å². The summed E-state index contributed by atoms with van der Waals surface area (Å²) >= 11 is 3.48. The molecule has 1 aromatic carbocycles. The van der Waals surface area contributed by atoms with Crippen LogP contribution in [0.1, 0.15) is 25.7 Å². The molecule has 2 bridgehead atoms. The molecule has 2 aliphatic rings. The lowest BCUT2D eigenvalue weighted by molar-refractivity contribution is 0.133. The summed E-state index contributed by atoms with van der Waals surface area (Å²) in [5.74, 6) is 3.38. The highest BCUT2D eigenvalue weighted by molar-refractivity contribution is 9.10. The van der Waals surface area contributed by atoms with Gasteiger partial charge in [0.15, 0.2) is 11.5 Å². The average molecular weight is 297 g/mol. The molecular formula is C14H17BrO2. The van der Waals surface area contributed by atoms with Crippen LogP contribution in [0.2, 0.25) is 0 Å². The van der Waals surface area contributed by atoms with Gasteiger partial charge in [0.2, 0.25) is 0 Å². The van der Waals surface area contributed by atoms with Crippen LogP contribution in [-0.2, 0) is 0 Å². The van der Waals surface area contributed by atoms with E-state index in [4.69, 9.17) is 9.47 Å². The van der Waals surface area contributed by atoms with Crippen LogP contribution in [-0.4, -0.2) is 13.2 Å². The molecule has 1 aromatic rings. The van der Waals surface area contributed by atoms with E-state index >= 15 is 0 Å². The van der Waals surface area contributed by atoms with Crippen molar-refractivity contribution in [3.8, 4) is 11.5 Å². The molecule has 2 aliphatic carbocycles. The Morgan fingerprint density at radius 3 is 2.71 bits per heavy atom. The number of fused-ring (bicyclic) bond motifs is 2. The standard InChI is InChI=1S/C14H17BrO2/c1-16-12-5-4-11(15)8-14(12)17-13-7-9-2-3-10(13)6-9/h4-5,8-10,13H,2-3,6-7H2,1H3/t9-,10+,13-/m0/s1. The largest absolute Gasteiger partial charge is 0.493 e. The van der Waals surface area contributed by atoms with Crippen molar-refractivity contribution in [2.75, 3.05) is 7.11 Å². The zero-order chi connectivity index (χ0) is 11.8. The Bertz CT molecular complexity index is 419. The maximum Gasteiger partial charge on any atom is 0.162 e. The molecule has 0 aliphatic heterocycles. The van der Waals surface area contributed by atoms with Crippen LogP contribution < -0.4 is 9.47 Å². The number of hydrogen-bond acceptors (Lipinski definition) is 2. The maximum atomic E-state index is 6.16. The van der Waals surface area contributed by atoms with E-state index < -0.39 is 0 Å². The fourth-order valence-corrected chi connectivity index (χ4v) is 3.58. The lowest BCUT2D eigenvalue weighted by atomic mass is 9.98. The lowest BCUT2D eigenvalue weighted by Gasteiger charge is -2.24. The van der Waals surface area contributed by atoms with Crippen LogP contribution in [0.4, 0.5) is 0 Å². The first kappa shape index (κ1) is 11.4. The van der Waals surface area contributed by atoms with E-state index in [1.54, 1.807) is 7.11 Å².